The second-order valence-electron chi connectivity index (χ2n) is 4.16. The van der Waals surface area contributed by atoms with Gasteiger partial charge >= 0.3 is 0 Å². The minimum absolute atomic E-state index is 0.450. The number of nitrogens with zero attached hydrogens (tertiary/aromatic N) is 4. The highest BCUT2D eigenvalue weighted by molar-refractivity contribution is 9.10. The molecule has 0 radical (unpaired) electrons. The van der Waals surface area contributed by atoms with E-state index in [2.05, 4.69) is 37.1 Å². The Labute approximate surface area is 133 Å². The van der Waals surface area contributed by atoms with Gasteiger partial charge in [0.05, 0.1) is 17.3 Å². The van der Waals surface area contributed by atoms with Gasteiger partial charge in [-0.2, -0.15) is 5.10 Å². The molecule has 4 nitrogen and oxygen atoms in total. The number of fused-ring (bicyclic) bond motifs is 1. The highest BCUT2D eigenvalue weighted by Crippen LogP contribution is 2.29. The van der Waals surface area contributed by atoms with E-state index in [1.54, 1.807) is 22.6 Å². The first-order chi connectivity index (χ1) is 9.65. The van der Waals surface area contributed by atoms with Gasteiger partial charge in [0, 0.05) is 16.4 Å². The lowest BCUT2D eigenvalue weighted by molar-refractivity contribution is 0.782. The summed E-state index contributed by atoms with van der Waals surface area (Å²) in [7, 11) is 1.84. The van der Waals surface area contributed by atoms with E-state index < -0.39 is 0 Å². The number of hydrogen-bond acceptors (Lipinski definition) is 4. The van der Waals surface area contributed by atoms with Gasteiger partial charge in [-0.25, -0.2) is 9.97 Å². The van der Waals surface area contributed by atoms with Crippen molar-refractivity contribution in [2.75, 3.05) is 0 Å². The summed E-state index contributed by atoms with van der Waals surface area (Å²) < 4.78 is 2.77. The fourth-order valence-electron chi connectivity index (χ4n) is 1.80. The maximum absolute atomic E-state index is 6.17. The van der Waals surface area contributed by atoms with Crippen LogP contribution in [0.25, 0.3) is 11.0 Å². The van der Waals surface area contributed by atoms with Gasteiger partial charge in [-0.05, 0) is 28.1 Å². The zero-order valence-corrected chi connectivity index (χ0v) is 13.7. The van der Waals surface area contributed by atoms with E-state index in [4.69, 9.17) is 11.6 Å². The first kappa shape index (κ1) is 13.9. The summed E-state index contributed by atoms with van der Waals surface area (Å²) in [6.07, 6.45) is 1.68. The molecule has 0 unspecified atom stereocenters. The van der Waals surface area contributed by atoms with Crippen molar-refractivity contribution in [3.05, 3.63) is 45.9 Å². The first-order valence-electron chi connectivity index (χ1n) is 5.86. The highest BCUT2D eigenvalue weighted by atomic mass is 79.9. The zero-order valence-electron chi connectivity index (χ0n) is 10.5. The van der Waals surface area contributed by atoms with Gasteiger partial charge in [0.25, 0.3) is 0 Å². The van der Waals surface area contributed by atoms with E-state index in [1.807, 2.05) is 25.2 Å². The van der Waals surface area contributed by atoms with Crippen molar-refractivity contribution in [3.63, 3.8) is 0 Å². The summed E-state index contributed by atoms with van der Waals surface area (Å²) in [5.74, 6) is 1.36. The smallest absolute Gasteiger partial charge is 0.162 e. The Balaban J connectivity index is 1.88. The van der Waals surface area contributed by atoms with Crippen molar-refractivity contribution in [1.29, 1.82) is 0 Å². The third kappa shape index (κ3) is 2.68. The van der Waals surface area contributed by atoms with Crippen LogP contribution in [0.15, 0.2) is 39.8 Å². The Morgan fingerprint density at radius 2 is 2.10 bits per heavy atom. The molecule has 0 fully saturated rings. The lowest BCUT2D eigenvalue weighted by atomic mass is 10.4. The lowest BCUT2D eigenvalue weighted by Gasteiger charge is -2.04. The predicted molar refractivity (Wildman–Crippen MR) is 85.0 cm³/mol. The number of aryl methyl sites for hydroxylation is 1. The van der Waals surface area contributed by atoms with Crippen LogP contribution in [0, 0.1) is 0 Å². The molecule has 0 aliphatic heterocycles. The van der Waals surface area contributed by atoms with Crippen LogP contribution in [-0.4, -0.2) is 19.7 Å². The van der Waals surface area contributed by atoms with E-state index in [9.17, 15) is 0 Å². The minimum atomic E-state index is 0.450. The van der Waals surface area contributed by atoms with Crippen molar-refractivity contribution in [2.45, 2.75) is 10.6 Å². The van der Waals surface area contributed by atoms with Gasteiger partial charge in [0.15, 0.2) is 5.65 Å². The molecule has 3 rings (SSSR count). The van der Waals surface area contributed by atoms with Gasteiger partial charge in [0.1, 0.15) is 11.0 Å². The van der Waals surface area contributed by atoms with Crippen molar-refractivity contribution in [3.8, 4) is 0 Å². The third-order valence-corrected chi connectivity index (χ3v) is 5.10. The molecule has 3 aromatic rings. The van der Waals surface area contributed by atoms with E-state index in [0.717, 1.165) is 20.4 Å². The van der Waals surface area contributed by atoms with Gasteiger partial charge in [-0.3, -0.25) is 4.68 Å². The molecule has 20 heavy (non-hydrogen) atoms. The predicted octanol–water partition coefficient (Wildman–Crippen LogP) is 4.07. The molecule has 2 heterocycles. The standard InChI is InChI=1S/C13H10BrClN4S/c1-19-13-8(6-16-19)12(15)17-11(18-13)7-20-10-5-3-2-4-9(10)14/h2-6H,7H2,1H3. The van der Waals surface area contributed by atoms with Crippen molar-refractivity contribution >= 4 is 50.3 Å². The van der Waals surface area contributed by atoms with Crippen LogP contribution >= 0.6 is 39.3 Å². The summed E-state index contributed by atoms with van der Waals surface area (Å²) in [6, 6.07) is 8.06. The van der Waals surface area contributed by atoms with Gasteiger partial charge in [-0.1, -0.05) is 23.7 Å². The third-order valence-electron chi connectivity index (χ3n) is 2.79. The molecule has 0 amide bonds. The molecular weight excluding hydrogens is 360 g/mol. The molecule has 0 spiro atoms. The summed E-state index contributed by atoms with van der Waals surface area (Å²) in [5, 5.41) is 5.38. The van der Waals surface area contributed by atoms with Gasteiger partial charge in [-0.15, -0.1) is 11.8 Å². The van der Waals surface area contributed by atoms with E-state index >= 15 is 0 Å². The highest BCUT2D eigenvalue weighted by Gasteiger charge is 2.10. The van der Waals surface area contributed by atoms with Crippen molar-refractivity contribution < 1.29 is 0 Å². The van der Waals surface area contributed by atoms with Crippen LogP contribution in [0.1, 0.15) is 5.82 Å². The fourth-order valence-corrected chi connectivity index (χ4v) is 3.45. The quantitative estimate of drug-likeness (QED) is 0.515. The molecule has 0 aliphatic rings. The average molecular weight is 370 g/mol. The van der Waals surface area contributed by atoms with Crippen LogP contribution in [0.5, 0.6) is 0 Å². The Kier molecular flexibility index (Phi) is 3.96. The molecule has 2 aromatic heterocycles. The minimum Gasteiger partial charge on any atom is -0.250 e. The Hall–Kier alpha value is -1.11. The van der Waals surface area contributed by atoms with E-state index in [0.29, 0.717) is 16.7 Å². The van der Waals surface area contributed by atoms with Crippen LogP contribution in [0.3, 0.4) is 0 Å². The normalized spacial score (nSPS) is 11.2. The largest absolute Gasteiger partial charge is 0.250 e. The van der Waals surface area contributed by atoms with Crippen LogP contribution < -0.4 is 0 Å². The summed E-state index contributed by atoms with van der Waals surface area (Å²) in [6.45, 7) is 0. The number of hydrogen-bond donors (Lipinski definition) is 0. The molecule has 0 N–H and O–H groups in total. The SMILES string of the molecule is Cn1ncc2c(Cl)nc(CSc3ccccc3Br)nc21. The van der Waals surface area contributed by atoms with Gasteiger partial charge < -0.3 is 0 Å². The molecule has 0 saturated carbocycles. The van der Waals surface area contributed by atoms with Crippen LogP contribution in [0.2, 0.25) is 5.15 Å². The number of thioether (sulfide) groups is 1. The maximum atomic E-state index is 6.17. The molecule has 0 atom stereocenters. The van der Waals surface area contributed by atoms with E-state index in [1.165, 1.54) is 0 Å². The topological polar surface area (TPSA) is 43.6 Å². The van der Waals surface area contributed by atoms with E-state index in [-0.39, 0.29) is 0 Å². The monoisotopic (exact) mass is 368 g/mol. The lowest BCUT2D eigenvalue weighted by Crippen LogP contribution is -1.98. The molecule has 7 heteroatoms. The molecule has 1 aromatic carbocycles. The zero-order chi connectivity index (χ0) is 14.1. The molecular formula is C13H10BrClN4S. The Morgan fingerprint density at radius 1 is 1.30 bits per heavy atom. The average Bonchev–Trinajstić information content (AvgIpc) is 2.80. The van der Waals surface area contributed by atoms with Gasteiger partial charge in [0.2, 0.25) is 0 Å². The molecule has 0 saturated heterocycles. The number of benzene rings is 1. The maximum Gasteiger partial charge on any atom is 0.162 e. The molecule has 0 aliphatic carbocycles. The number of aromatic nitrogens is 4. The molecule has 0 bridgehead atoms. The Morgan fingerprint density at radius 3 is 2.90 bits per heavy atom. The van der Waals surface area contributed by atoms with Crippen LogP contribution in [-0.2, 0) is 12.8 Å². The molecule has 102 valence electrons. The second-order valence-corrected chi connectivity index (χ2v) is 6.38. The van der Waals surface area contributed by atoms with Crippen LogP contribution in [0.4, 0.5) is 0 Å². The summed E-state index contributed by atoms with van der Waals surface area (Å²) in [4.78, 5) is 9.98. The Bertz CT molecular complexity index is 774. The summed E-state index contributed by atoms with van der Waals surface area (Å²) >= 11 is 11.4. The summed E-state index contributed by atoms with van der Waals surface area (Å²) in [5.41, 5.74) is 0.757. The fraction of sp³-hybridized carbons (Fsp3) is 0.154. The van der Waals surface area contributed by atoms with Crippen molar-refractivity contribution in [2.24, 2.45) is 7.05 Å². The first-order valence-corrected chi connectivity index (χ1v) is 8.02. The number of rotatable bonds is 3. The number of halogens is 2. The second kappa shape index (κ2) is 5.71. The van der Waals surface area contributed by atoms with Crippen molar-refractivity contribution in [1.82, 2.24) is 19.7 Å².